The maximum atomic E-state index is 11.4. The number of carbonyl (C=O) groups is 1. The zero-order valence-corrected chi connectivity index (χ0v) is 10.6. The molecule has 3 N–H and O–H groups in total. The van der Waals surface area contributed by atoms with Crippen molar-refractivity contribution in [2.45, 2.75) is 34.4 Å². The molecular weight excluding hydrogens is 244 g/mol. The molecule has 1 aliphatic carbocycles. The number of hydrogen-bond acceptors (Lipinski definition) is 6. The van der Waals surface area contributed by atoms with Crippen molar-refractivity contribution in [1.29, 1.82) is 0 Å². The molecule has 7 heteroatoms. The summed E-state index contributed by atoms with van der Waals surface area (Å²) in [6.07, 6.45) is 4.10. The van der Waals surface area contributed by atoms with Gasteiger partial charge in [0.15, 0.2) is 4.34 Å². The fraction of sp³-hybridized carbons (Fsp3) is 0.667. The second-order valence-electron chi connectivity index (χ2n) is 3.89. The molecule has 0 spiro atoms. The molecule has 0 radical (unpaired) electrons. The number of nitrogens with two attached hydrogens (primary N) is 1. The van der Waals surface area contributed by atoms with E-state index >= 15 is 0 Å². The molecule has 1 aromatic rings. The SMILES string of the molecule is CNC1(C(N)=O)CCC(Sc2ncns2)C1. The first kappa shape index (κ1) is 11.8. The van der Waals surface area contributed by atoms with Crippen LogP contribution in [-0.4, -0.2) is 33.1 Å². The van der Waals surface area contributed by atoms with Crippen molar-refractivity contribution < 1.29 is 4.79 Å². The topological polar surface area (TPSA) is 80.9 Å². The van der Waals surface area contributed by atoms with Crippen molar-refractivity contribution >= 4 is 29.2 Å². The van der Waals surface area contributed by atoms with E-state index < -0.39 is 5.54 Å². The Labute approximate surface area is 102 Å². The van der Waals surface area contributed by atoms with Gasteiger partial charge in [0.25, 0.3) is 0 Å². The van der Waals surface area contributed by atoms with Crippen LogP contribution in [0.5, 0.6) is 0 Å². The van der Waals surface area contributed by atoms with Crippen LogP contribution >= 0.6 is 23.3 Å². The van der Waals surface area contributed by atoms with Gasteiger partial charge in [0.1, 0.15) is 6.33 Å². The first-order chi connectivity index (χ1) is 7.66. The van der Waals surface area contributed by atoms with Crippen LogP contribution < -0.4 is 11.1 Å². The second kappa shape index (κ2) is 4.68. The van der Waals surface area contributed by atoms with Crippen LogP contribution in [0.1, 0.15) is 19.3 Å². The van der Waals surface area contributed by atoms with Crippen LogP contribution in [0.15, 0.2) is 10.7 Å². The molecule has 1 amide bonds. The van der Waals surface area contributed by atoms with Gasteiger partial charge in [0.05, 0.1) is 5.54 Å². The Morgan fingerprint density at radius 1 is 1.81 bits per heavy atom. The lowest BCUT2D eigenvalue weighted by atomic mass is 9.97. The van der Waals surface area contributed by atoms with Gasteiger partial charge in [-0.3, -0.25) is 4.79 Å². The molecule has 1 fully saturated rings. The highest BCUT2D eigenvalue weighted by Gasteiger charge is 2.43. The molecule has 88 valence electrons. The monoisotopic (exact) mass is 258 g/mol. The number of carbonyl (C=O) groups excluding carboxylic acids is 1. The number of aromatic nitrogens is 2. The number of likely N-dealkylation sites (N-methyl/N-ethyl adjacent to an activating group) is 1. The Bertz CT molecular complexity index is 370. The number of nitrogens with one attached hydrogen (secondary N) is 1. The lowest BCUT2D eigenvalue weighted by Crippen LogP contribution is -2.52. The van der Waals surface area contributed by atoms with E-state index in [1.807, 2.05) is 0 Å². The Kier molecular flexibility index (Phi) is 3.46. The van der Waals surface area contributed by atoms with Crippen molar-refractivity contribution in [2.24, 2.45) is 5.73 Å². The smallest absolute Gasteiger partial charge is 0.237 e. The van der Waals surface area contributed by atoms with Gasteiger partial charge in [0, 0.05) is 5.25 Å². The van der Waals surface area contributed by atoms with E-state index in [4.69, 9.17) is 5.73 Å². The van der Waals surface area contributed by atoms with Crippen LogP contribution in [0.4, 0.5) is 0 Å². The zero-order valence-electron chi connectivity index (χ0n) is 8.97. The minimum Gasteiger partial charge on any atom is -0.368 e. The molecule has 1 aliphatic rings. The number of amides is 1. The molecule has 2 unspecified atom stereocenters. The second-order valence-corrected chi connectivity index (χ2v) is 6.21. The Balaban J connectivity index is 1.99. The predicted molar refractivity (Wildman–Crippen MR) is 64.4 cm³/mol. The van der Waals surface area contributed by atoms with E-state index in [1.54, 1.807) is 25.1 Å². The van der Waals surface area contributed by atoms with Crippen molar-refractivity contribution in [3.63, 3.8) is 0 Å². The van der Waals surface area contributed by atoms with E-state index in [1.165, 1.54) is 11.5 Å². The van der Waals surface area contributed by atoms with Gasteiger partial charge < -0.3 is 11.1 Å². The summed E-state index contributed by atoms with van der Waals surface area (Å²) in [4.78, 5) is 15.6. The molecule has 1 heterocycles. The summed E-state index contributed by atoms with van der Waals surface area (Å²) in [7, 11) is 1.79. The van der Waals surface area contributed by atoms with Gasteiger partial charge in [-0.1, -0.05) is 11.8 Å². The van der Waals surface area contributed by atoms with Crippen LogP contribution in [0, 0.1) is 0 Å². The molecular formula is C9H14N4OS2. The van der Waals surface area contributed by atoms with Crippen molar-refractivity contribution in [2.75, 3.05) is 7.05 Å². The standard InChI is InChI=1S/C9H14N4OS2/c1-11-9(7(10)14)3-2-6(4-9)15-8-12-5-13-16-8/h5-6,11H,2-4H2,1H3,(H2,10,14). The molecule has 1 saturated carbocycles. The van der Waals surface area contributed by atoms with Gasteiger partial charge in [0.2, 0.25) is 5.91 Å². The minimum absolute atomic E-state index is 0.254. The average molecular weight is 258 g/mol. The van der Waals surface area contributed by atoms with Gasteiger partial charge in [-0.2, -0.15) is 4.37 Å². The molecule has 2 atom stereocenters. The molecule has 0 bridgehead atoms. The largest absolute Gasteiger partial charge is 0.368 e. The quantitative estimate of drug-likeness (QED) is 0.827. The molecule has 5 nitrogen and oxygen atoms in total. The number of nitrogens with zero attached hydrogens (tertiary/aromatic N) is 2. The third-order valence-corrected chi connectivity index (χ3v) is 5.04. The molecule has 16 heavy (non-hydrogen) atoms. The maximum Gasteiger partial charge on any atom is 0.237 e. The highest BCUT2D eigenvalue weighted by atomic mass is 32.2. The van der Waals surface area contributed by atoms with Crippen LogP contribution in [0.3, 0.4) is 0 Å². The van der Waals surface area contributed by atoms with Gasteiger partial charge in [-0.25, -0.2) is 4.98 Å². The fourth-order valence-corrected chi connectivity index (χ4v) is 4.02. The van der Waals surface area contributed by atoms with E-state index in [0.717, 1.165) is 23.6 Å². The summed E-state index contributed by atoms with van der Waals surface area (Å²) in [6.45, 7) is 0. The third-order valence-electron chi connectivity index (χ3n) is 3.03. The zero-order chi connectivity index (χ0) is 11.6. The van der Waals surface area contributed by atoms with Crippen LogP contribution in [-0.2, 0) is 4.79 Å². The highest BCUT2D eigenvalue weighted by molar-refractivity contribution is 8.01. The average Bonchev–Trinajstić information content (AvgIpc) is 2.88. The Morgan fingerprint density at radius 2 is 2.62 bits per heavy atom. The van der Waals surface area contributed by atoms with E-state index in [2.05, 4.69) is 14.7 Å². The highest BCUT2D eigenvalue weighted by Crippen LogP contribution is 2.40. The molecule has 0 saturated heterocycles. The van der Waals surface area contributed by atoms with E-state index in [9.17, 15) is 4.79 Å². The van der Waals surface area contributed by atoms with Crippen molar-refractivity contribution in [1.82, 2.24) is 14.7 Å². The van der Waals surface area contributed by atoms with Gasteiger partial charge in [-0.15, -0.1) is 0 Å². The first-order valence-electron chi connectivity index (χ1n) is 5.08. The van der Waals surface area contributed by atoms with Crippen LogP contribution in [0.25, 0.3) is 0 Å². The maximum absolute atomic E-state index is 11.4. The Morgan fingerprint density at radius 3 is 3.12 bits per heavy atom. The normalized spacial score (nSPS) is 29.4. The summed E-state index contributed by atoms with van der Waals surface area (Å²) < 4.78 is 4.92. The summed E-state index contributed by atoms with van der Waals surface area (Å²) in [5.41, 5.74) is 4.92. The number of primary amides is 1. The summed E-state index contributed by atoms with van der Waals surface area (Å²) >= 11 is 3.08. The van der Waals surface area contributed by atoms with Crippen molar-refractivity contribution in [3.8, 4) is 0 Å². The molecule has 1 aromatic heterocycles. The van der Waals surface area contributed by atoms with Crippen LogP contribution in [0.2, 0.25) is 0 Å². The summed E-state index contributed by atoms with van der Waals surface area (Å²) in [5.74, 6) is -0.254. The number of hydrogen-bond donors (Lipinski definition) is 2. The van der Waals surface area contributed by atoms with Gasteiger partial charge >= 0.3 is 0 Å². The van der Waals surface area contributed by atoms with E-state index in [-0.39, 0.29) is 5.91 Å². The molecule has 0 aromatic carbocycles. The molecule has 2 rings (SSSR count). The fourth-order valence-electron chi connectivity index (χ4n) is 2.03. The number of rotatable bonds is 4. The summed E-state index contributed by atoms with van der Waals surface area (Å²) in [5, 5.41) is 3.46. The Hall–Kier alpha value is -0.660. The van der Waals surface area contributed by atoms with E-state index in [0.29, 0.717) is 5.25 Å². The lowest BCUT2D eigenvalue weighted by Gasteiger charge is -2.24. The van der Waals surface area contributed by atoms with Gasteiger partial charge in [-0.05, 0) is 37.8 Å². The lowest BCUT2D eigenvalue weighted by molar-refractivity contribution is -0.124. The minimum atomic E-state index is -0.525. The number of thioether (sulfide) groups is 1. The summed E-state index contributed by atoms with van der Waals surface area (Å²) in [6, 6.07) is 0. The third kappa shape index (κ3) is 2.21. The van der Waals surface area contributed by atoms with Crippen molar-refractivity contribution in [3.05, 3.63) is 6.33 Å². The molecule has 0 aliphatic heterocycles. The predicted octanol–water partition coefficient (Wildman–Crippen LogP) is 0.626. The first-order valence-corrected chi connectivity index (χ1v) is 6.74.